The molecule has 0 bridgehead atoms. The minimum Gasteiger partial charge on any atom is -0.504 e. The SMILES string of the molecule is COc1ccc(CN(C)C(=O)[C@@H]2CCC(=O)N(CC3CCCCC3)C2)cc1O. The average molecular weight is 389 g/mol. The lowest BCUT2D eigenvalue weighted by atomic mass is 9.87. The molecule has 3 rings (SSSR count). The van der Waals surface area contributed by atoms with Crippen molar-refractivity contribution in [3.8, 4) is 11.5 Å². The summed E-state index contributed by atoms with van der Waals surface area (Å²) < 4.78 is 5.06. The topological polar surface area (TPSA) is 70.1 Å². The minimum atomic E-state index is -0.141. The van der Waals surface area contributed by atoms with Gasteiger partial charge in [0.2, 0.25) is 11.8 Å². The normalized spacial score (nSPS) is 20.9. The largest absolute Gasteiger partial charge is 0.504 e. The van der Waals surface area contributed by atoms with Crippen molar-refractivity contribution in [1.82, 2.24) is 9.80 Å². The van der Waals surface area contributed by atoms with E-state index in [1.54, 1.807) is 24.1 Å². The molecule has 0 unspecified atom stereocenters. The second-order valence-corrected chi connectivity index (χ2v) is 8.24. The number of rotatable bonds is 6. The van der Waals surface area contributed by atoms with Crippen LogP contribution in [0.3, 0.4) is 0 Å². The van der Waals surface area contributed by atoms with Gasteiger partial charge < -0.3 is 19.6 Å². The smallest absolute Gasteiger partial charge is 0.227 e. The molecule has 1 aliphatic heterocycles. The van der Waals surface area contributed by atoms with E-state index >= 15 is 0 Å². The molecule has 1 saturated carbocycles. The van der Waals surface area contributed by atoms with Gasteiger partial charge in [-0.2, -0.15) is 0 Å². The molecule has 2 aliphatic rings. The molecule has 6 nitrogen and oxygen atoms in total. The van der Waals surface area contributed by atoms with Crippen LogP contribution in [0.25, 0.3) is 0 Å². The zero-order valence-corrected chi connectivity index (χ0v) is 17.0. The predicted molar refractivity (Wildman–Crippen MR) is 107 cm³/mol. The number of aromatic hydroxyl groups is 1. The van der Waals surface area contributed by atoms with Crippen LogP contribution in [0.1, 0.15) is 50.5 Å². The van der Waals surface area contributed by atoms with Gasteiger partial charge in [0.1, 0.15) is 0 Å². The van der Waals surface area contributed by atoms with Crippen molar-refractivity contribution in [3.63, 3.8) is 0 Å². The van der Waals surface area contributed by atoms with Gasteiger partial charge in [0.25, 0.3) is 0 Å². The lowest BCUT2D eigenvalue weighted by Crippen LogP contribution is -2.47. The first-order chi connectivity index (χ1) is 13.5. The number of ether oxygens (including phenoxy) is 1. The molecule has 6 heteroatoms. The molecule has 2 fully saturated rings. The van der Waals surface area contributed by atoms with Crippen LogP contribution < -0.4 is 4.74 Å². The molecular formula is C22H32N2O4. The summed E-state index contributed by atoms with van der Waals surface area (Å²) in [5.41, 5.74) is 0.847. The van der Waals surface area contributed by atoms with E-state index in [4.69, 9.17) is 4.74 Å². The predicted octanol–water partition coefficient (Wildman–Crippen LogP) is 3.18. The highest BCUT2D eigenvalue weighted by molar-refractivity contribution is 5.83. The van der Waals surface area contributed by atoms with Crippen molar-refractivity contribution < 1.29 is 19.4 Å². The Labute approximate surface area is 167 Å². The van der Waals surface area contributed by atoms with E-state index in [2.05, 4.69) is 0 Å². The van der Waals surface area contributed by atoms with Crippen molar-refractivity contribution in [2.24, 2.45) is 11.8 Å². The van der Waals surface area contributed by atoms with Crippen LogP contribution in [-0.2, 0) is 16.1 Å². The van der Waals surface area contributed by atoms with Crippen LogP contribution in [0.5, 0.6) is 11.5 Å². The summed E-state index contributed by atoms with van der Waals surface area (Å²) in [4.78, 5) is 28.9. The Bertz CT molecular complexity index is 700. The van der Waals surface area contributed by atoms with Crippen LogP contribution in [0.15, 0.2) is 18.2 Å². The number of amides is 2. The fourth-order valence-corrected chi connectivity index (χ4v) is 4.47. The summed E-state index contributed by atoms with van der Waals surface area (Å²) in [6, 6.07) is 5.18. The molecule has 28 heavy (non-hydrogen) atoms. The molecule has 1 saturated heterocycles. The molecule has 1 atom stereocenters. The van der Waals surface area contributed by atoms with Gasteiger partial charge >= 0.3 is 0 Å². The number of phenols is 1. The Balaban J connectivity index is 1.57. The quantitative estimate of drug-likeness (QED) is 0.813. The first-order valence-corrected chi connectivity index (χ1v) is 10.4. The first-order valence-electron chi connectivity index (χ1n) is 10.4. The van der Waals surface area contributed by atoms with Gasteiger partial charge in [0, 0.05) is 33.1 Å². The fraction of sp³-hybridized carbons (Fsp3) is 0.636. The summed E-state index contributed by atoms with van der Waals surface area (Å²) in [5, 5.41) is 9.94. The molecule has 1 aliphatic carbocycles. The van der Waals surface area contributed by atoms with Gasteiger partial charge in [0.15, 0.2) is 11.5 Å². The summed E-state index contributed by atoms with van der Waals surface area (Å²) >= 11 is 0. The standard InChI is InChI=1S/C22H32N2O4/c1-23(13-17-8-10-20(28-2)19(25)12-17)22(27)18-9-11-21(26)24(15-18)14-16-6-4-3-5-7-16/h8,10,12,16,18,25H,3-7,9,11,13-15H2,1-2H3/t18-/m1/s1. The number of likely N-dealkylation sites (tertiary alicyclic amines) is 1. The van der Waals surface area contributed by atoms with E-state index < -0.39 is 0 Å². The molecule has 0 radical (unpaired) electrons. The summed E-state index contributed by atoms with van der Waals surface area (Å²) in [5.74, 6) is 1.20. The highest BCUT2D eigenvalue weighted by atomic mass is 16.5. The zero-order valence-electron chi connectivity index (χ0n) is 17.0. The van der Waals surface area contributed by atoms with Gasteiger partial charge in [-0.05, 0) is 42.9 Å². The summed E-state index contributed by atoms with van der Waals surface area (Å²) in [7, 11) is 3.29. The van der Waals surface area contributed by atoms with Gasteiger partial charge in [0.05, 0.1) is 13.0 Å². The van der Waals surface area contributed by atoms with Crippen LogP contribution in [0.4, 0.5) is 0 Å². The van der Waals surface area contributed by atoms with Crippen LogP contribution >= 0.6 is 0 Å². The van der Waals surface area contributed by atoms with Gasteiger partial charge in [-0.1, -0.05) is 25.3 Å². The number of hydrogen-bond acceptors (Lipinski definition) is 4. The van der Waals surface area contributed by atoms with Gasteiger partial charge in [-0.3, -0.25) is 9.59 Å². The lowest BCUT2D eigenvalue weighted by Gasteiger charge is -2.36. The molecule has 0 spiro atoms. The maximum atomic E-state index is 13.0. The van der Waals surface area contributed by atoms with Crippen LogP contribution in [0.2, 0.25) is 0 Å². The van der Waals surface area contributed by atoms with Crippen molar-refractivity contribution in [2.45, 2.75) is 51.5 Å². The maximum absolute atomic E-state index is 13.0. The molecule has 1 heterocycles. The molecule has 154 valence electrons. The number of carbonyl (C=O) groups excluding carboxylic acids is 2. The second kappa shape index (κ2) is 9.30. The number of phenolic OH excluding ortho intramolecular Hbond substituents is 1. The van der Waals surface area contributed by atoms with Gasteiger partial charge in [-0.15, -0.1) is 0 Å². The van der Waals surface area contributed by atoms with Crippen molar-refractivity contribution >= 4 is 11.8 Å². The molecule has 1 aromatic rings. The Morgan fingerprint density at radius 1 is 1.25 bits per heavy atom. The molecular weight excluding hydrogens is 356 g/mol. The number of hydrogen-bond donors (Lipinski definition) is 1. The Morgan fingerprint density at radius 2 is 2.00 bits per heavy atom. The van der Waals surface area contributed by atoms with Crippen molar-refractivity contribution in [3.05, 3.63) is 23.8 Å². The van der Waals surface area contributed by atoms with Crippen LogP contribution in [-0.4, -0.2) is 54.0 Å². The third-order valence-electron chi connectivity index (χ3n) is 6.09. The second-order valence-electron chi connectivity index (χ2n) is 8.24. The summed E-state index contributed by atoms with van der Waals surface area (Å²) in [6.07, 6.45) is 7.29. The number of nitrogens with zero attached hydrogens (tertiary/aromatic N) is 2. The fourth-order valence-electron chi connectivity index (χ4n) is 4.47. The van der Waals surface area contributed by atoms with E-state index in [0.717, 1.165) is 12.1 Å². The number of benzene rings is 1. The van der Waals surface area contributed by atoms with E-state index in [0.29, 0.717) is 37.6 Å². The number of carbonyl (C=O) groups is 2. The van der Waals surface area contributed by atoms with Gasteiger partial charge in [-0.25, -0.2) is 0 Å². The minimum absolute atomic E-state index is 0.0662. The highest BCUT2D eigenvalue weighted by Crippen LogP contribution is 2.29. The molecule has 1 aromatic carbocycles. The maximum Gasteiger partial charge on any atom is 0.227 e. The number of piperidine rings is 1. The Hall–Kier alpha value is -2.24. The van der Waals surface area contributed by atoms with Crippen molar-refractivity contribution in [2.75, 3.05) is 27.2 Å². The monoisotopic (exact) mass is 388 g/mol. The third-order valence-corrected chi connectivity index (χ3v) is 6.09. The zero-order chi connectivity index (χ0) is 20.1. The highest BCUT2D eigenvalue weighted by Gasteiger charge is 2.33. The van der Waals surface area contributed by atoms with Crippen LogP contribution in [0, 0.1) is 11.8 Å². The Morgan fingerprint density at radius 3 is 2.68 bits per heavy atom. The lowest BCUT2D eigenvalue weighted by molar-refractivity contribution is -0.143. The first kappa shape index (κ1) is 20.5. The van der Waals surface area contributed by atoms with Crippen molar-refractivity contribution in [1.29, 1.82) is 0 Å². The van der Waals surface area contributed by atoms with E-state index in [1.807, 2.05) is 11.0 Å². The summed E-state index contributed by atoms with van der Waals surface area (Å²) in [6.45, 7) is 1.76. The van der Waals surface area contributed by atoms with E-state index in [9.17, 15) is 14.7 Å². The molecule has 2 amide bonds. The molecule has 0 aromatic heterocycles. The third kappa shape index (κ3) is 4.97. The molecule has 1 N–H and O–H groups in total. The average Bonchev–Trinajstić information content (AvgIpc) is 2.70. The Kier molecular flexibility index (Phi) is 6.81. The number of methoxy groups -OCH3 is 1. The van der Waals surface area contributed by atoms with E-state index in [-0.39, 0.29) is 23.5 Å². The van der Waals surface area contributed by atoms with E-state index in [1.165, 1.54) is 39.2 Å².